The lowest BCUT2D eigenvalue weighted by Gasteiger charge is -2.20. The predicted molar refractivity (Wildman–Crippen MR) is 78.3 cm³/mol. The molecule has 2 heteroatoms. The van der Waals surface area contributed by atoms with Gasteiger partial charge in [-0.05, 0) is 74.7 Å². The number of fused-ring (bicyclic) bond motifs is 1. The van der Waals surface area contributed by atoms with E-state index in [4.69, 9.17) is 0 Å². The summed E-state index contributed by atoms with van der Waals surface area (Å²) in [7, 11) is 0. The van der Waals surface area contributed by atoms with Crippen molar-refractivity contribution in [3.05, 3.63) is 34.9 Å². The Balaban J connectivity index is 1.60. The Bertz CT molecular complexity index is 423. The quantitative estimate of drug-likeness (QED) is 0.898. The highest BCUT2D eigenvalue weighted by molar-refractivity contribution is 5.34. The fourth-order valence-corrected chi connectivity index (χ4v) is 3.44. The first-order chi connectivity index (χ1) is 9.33. The van der Waals surface area contributed by atoms with Crippen molar-refractivity contribution in [3.63, 3.8) is 0 Å². The van der Waals surface area contributed by atoms with Crippen LogP contribution in [0.5, 0.6) is 0 Å². The second-order valence-corrected chi connectivity index (χ2v) is 6.09. The van der Waals surface area contributed by atoms with Crippen LogP contribution in [0.1, 0.15) is 54.9 Å². The zero-order valence-corrected chi connectivity index (χ0v) is 11.8. The minimum atomic E-state index is -0.284. The average Bonchev–Trinajstić information content (AvgIpc) is 2.97. The zero-order chi connectivity index (χ0) is 13.1. The van der Waals surface area contributed by atoms with Gasteiger partial charge in [0, 0.05) is 6.54 Å². The third-order valence-electron chi connectivity index (χ3n) is 4.67. The Morgan fingerprint density at radius 1 is 1.00 bits per heavy atom. The second-order valence-electron chi connectivity index (χ2n) is 6.09. The van der Waals surface area contributed by atoms with Crippen molar-refractivity contribution in [1.29, 1.82) is 0 Å². The van der Waals surface area contributed by atoms with Gasteiger partial charge in [0.05, 0.1) is 6.10 Å². The van der Waals surface area contributed by atoms with Crippen molar-refractivity contribution in [2.75, 3.05) is 19.6 Å². The van der Waals surface area contributed by atoms with Crippen LogP contribution >= 0.6 is 0 Å². The molecule has 1 fully saturated rings. The number of nitrogens with zero attached hydrogens (tertiary/aromatic N) is 1. The summed E-state index contributed by atoms with van der Waals surface area (Å²) in [5.74, 6) is 0. The first kappa shape index (κ1) is 13.1. The molecule has 1 saturated heterocycles. The lowest BCUT2D eigenvalue weighted by atomic mass is 9.89. The lowest BCUT2D eigenvalue weighted by Crippen LogP contribution is -2.22. The van der Waals surface area contributed by atoms with E-state index in [1.807, 2.05) is 0 Å². The Hall–Kier alpha value is -0.860. The van der Waals surface area contributed by atoms with E-state index in [-0.39, 0.29) is 6.10 Å². The Labute approximate surface area is 116 Å². The highest BCUT2D eigenvalue weighted by atomic mass is 16.3. The molecule has 1 aliphatic heterocycles. The maximum Gasteiger partial charge on any atom is 0.0802 e. The lowest BCUT2D eigenvalue weighted by molar-refractivity contribution is 0.149. The number of hydrogen-bond donors (Lipinski definition) is 1. The number of aliphatic hydroxyl groups excluding tert-OH is 1. The summed E-state index contributed by atoms with van der Waals surface area (Å²) in [5, 5.41) is 10.4. The minimum absolute atomic E-state index is 0.284. The third kappa shape index (κ3) is 3.18. The molecule has 0 radical (unpaired) electrons. The van der Waals surface area contributed by atoms with E-state index in [1.54, 1.807) is 0 Å². The first-order valence-corrected chi connectivity index (χ1v) is 7.85. The topological polar surface area (TPSA) is 23.5 Å². The van der Waals surface area contributed by atoms with E-state index >= 15 is 0 Å². The molecule has 0 bridgehead atoms. The van der Waals surface area contributed by atoms with E-state index in [1.165, 1.54) is 62.7 Å². The van der Waals surface area contributed by atoms with Gasteiger partial charge in [-0.2, -0.15) is 0 Å². The zero-order valence-electron chi connectivity index (χ0n) is 11.8. The first-order valence-electron chi connectivity index (χ1n) is 7.85. The molecule has 0 saturated carbocycles. The van der Waals surface area contributed by atoms with E-state index < -0.39 is 0 Å². The molecule has 1 aromatic rings. The molecule has 1 unspecified atom stereocenters. The summed E-state index contributed by atoms with van der Waals surface area (Å²) in [4.78, 5) is 2.47. The SMILES string of the molecule is OC(CCN1CCCC1)c1ccc2c(c1)CCCC2. The van der Waals surface area contributed by atoms with Crippen molar-refractivity contribution < 1.29 is 5.11 Å². The van der Waals surface area contributed by atoms with Crippen molar-refractivity contribution in [1.82, 2.24) is 4.90 Å². The maximum absolute atomic E-state index is 10.4. The van der Waals surface area contributed by atoms with Gasteiger partial charge >= 0.3 is 0 Å². The molecule has 1 atom stereocenters. The van der Waals surface area contributed by atoms with Crippen LogP contribution in [0.2, 0.25) is 0 Å². The normalized spacial score (nSPS) is 21.3. The molecule has 1 aliphatic carbocycles. The number of aryl methyl sites for hydroxylation is 2. The number of aliphatic hydroxyl groups is 1. The highest BCUT2D eigenvalue weighted by Gasteiger charge is 2.16. The monoisotopic (exact) mass is 259 g/mol. The predicted octanol–water partition coefficient (Wildman–Crippen LogP) is 3.08. The molecule has 19 heavy (non-hydrogen) atoms. The van der Waals surface area contributed by atoms with Gasteiger partial charge in [-0.1, -0.05) is 18.2 Å². The van der Waals surface area contributed by atoms with Crippen LogP contribution < -0.4 is 0 Å². The molecule has 104 valence electrons. The van der Waals surface area contributed by atoms with E-state index in [0.29, 0.717) is 0 Å². The molecule has 0 amide bonds. The van der Waals surface area contributed by atoms with Gasteiger partial charge in [0.25, 0.3) is 0 Å². The summed E-state index contributed by atoms with van der Waals surface area (Å²) < 4.78 is 0. The summed E-state index contributed by atoms with van der Waals surface area (Å²) in [6.07, 6.45) is 8.29. The molecular weight excluding hydrogens is 234 g/mol. The molecule has 3 rings (SSSR count). The van der Waals surface area contributed by atoms with Gasteiger partial charge in [-0.3, -0.25) is 0 Å². The fourth-order valence-electron chi connectivity index (χ4n) is 3.44. The van der Waals surface area contributed by atoms with Crippen molar-refractivity contribution in [2.24, 2.45) is 0 Å². The number of likely N-dealkylation sites (tertiary alicyclic amines) is 1. The Kier molecular flexibility index (Phi) is 4.19. The van der Waals surface area contributed by atoms with Crippen LogP contribution in [0.3, 0.4) is 0 Å². The minimum Gasteiger partial charge on any atom is -0.388 e. The Morgan fingerprint density at radius 3 is 2.53 bits per heavy atom. The molecule has 1 N–H and O–H groups in total. The summed E-state index contributed by atoms with van der Waals surface area (Å²) in [6.45, 7) is 3.48. The smallest absolute Gasteiger partial charge is 0.0802 e. The Morgan fingerprint density at radius 2 is 1.74 bits per heavy atom. The van der Waals surface area contributed by atoms with Gasteiger partial charge in [0.15, 0.2) is 0 Å². The van der Waals surface area contributed by atoms with Gasteiger partial charge in [-0.25, -0.2) is 0 Å². The molecule has 1 heterocycles. The standard InChI is InChI=1S/C17H25NO/c19-17(9-12-18-10-3-4-11-18)16-8-7-14-5-1-2-6-15(14)13-16/h7-8,13,17,19H,1-6,9-12H2. The van der Waals surface area contributed by atoms with Crippen LogP contribution in [-0.4, -0.2) is 29.6 Å². The average molecular weight is 259 g/mol. The van der Waals surface area contributed by atoms with Crippen LogP contribution in [-0.2, 0) is 12.8 Å². The molecule has 2 nitrogen and oxygen atoms in total. The maximum atomic E-state index is 10.4. The van der Waals surface area contributed by atoms with Crippen LogP contribution in [0, 0.1) is 0 Å². The van der Waals surface area contributed by atoms with Gasteiger partial charge in [-0.15, -0.1) is 0 Å². The molecule has 0 spiro atoms. The molecular formula is C17H25NO. The second kappa shape index (κ2) is 6.06. The van der Waals surface area contributed by atoms with Crippen LogP contribution in [0.25, 0.3) is 0 Å². The fraction of sp³-hybridized carbons (Fsp3) is 0.647. The highest BCUT2D eigenvalue weighted by Crippen LogP contribution is 2.26. The van der Waals surface area contributed by atoms with Crippen molar-refractivity contribution in [2.45, 2.75) is 51.0 Å². The van der Waals surface area contributed by atoms with Crippen LogP contribution in [0.4, 0.5) is 0 Å². The summed E-state index contributed by atoms with van der Waals surface area (Å²) >= 11 is 0. The van der Waals surface area contributed by atoms with Gasteiger partial charge in [0.1, 0.15) is 0 Å². The summed E-state index contributed by atoms with van der Waals surface area (Å²) in [6, 6.07) is 6.63. The van der Waals surface area contributed by atoms with E-state index in [0.717, 1.165) is 18.5 Å². The summed E-state index contributed by atoms with van der Waals surface area (Å²) in [5.41, 5.74) is 4.10. The number of hydrogen-bond acceptors (Lipinski definition) is 2. The largest absolute Gasteiger partial charge is 0.388 e. The van der Waals surface area contributed by atoms with Gasteiger partial charge in [0.2, 0.25) is 0 Å². The number of rotatable bonds is 4. The van der Waals surface area contributed by atoms with Gasteiger partial charge < -0.3 is 10.0 Å². The molecule has 1 aromatic carbocycles. The molecule has 2 aliphatic rings. The number of benzene rings is 1. The third-order valence-corrected chi connectivity index (χ3v) is 4.67. The van der Waals surface area contributed by atoms with Crippen molar-refractivity contribution >= 4 is 0 Å². The molecule has 0 aromatic heterocycles. The van der Waals surface area contributed by atoms with E-state index in [9.17, 15) is 5.11 Å². The van der Waals surface area contributed by atoms with Crippen LogP contribution in [0.15, 0.2) is 18.2 Å². The van der Waals surface area contributed by atoms with E-state index in [2.05, 4.69) is 23.1 Å². The van der Waals surface area contributed by atoms with Crippen molar-refractivity contribution in [3.8, 4) is 0 Å².